The van der Waals surface area contributed by atoms with Crippen LogP contribution in [0.5, 0.6) is 0 Å². The molecular weight excluding hydrogens is 357 g/mol. The van der Waals surface area contributed by atoms with Gasteiger partial charge in [-0.15, -0.1) is 0 Å². The van der Waals surface area contributed by atoms with E-state index in [-0.39, 0.29) is 5.69 Å². The zero-order valence-electron chi connectivity index (χ0n) is 12.1. The molecule has 0 bridgehead atoms. The fourth-order valence-electron chi connectivity index (χ4n) is 1.86. The molecule has 1 N–H and O–H groups in total. The minimum Gasteiger partial charge on any atom is -0.348 e. The third kappa shape index (κ3) is 4.79. The lowest BCUT2D eigenvalue weighted by Crippen LogP contribution is -2.30. The molecule has 0 aliphatic rings. The standard InChI is InChI=1S/C15H13Cl2N3O2S/c1-19(9-10-2-3-11(16)8-14(10)17)15(23)18-12-4-6-13(7-5-12)20(21)22/h2-8H,9H2,1H3,(H,18,23). The summed E-state index contributed by atoms with van der Waals surface area (Å²) in [5.41, 5.74) is 1.60. The van der Waals surface area contributed by atoms with Gasteiger partial charge in [-0.25, -0.2) is 0 Å². The number of non-ortho nitro benzene ring substituents is 1. The second-order valence-corrected chi connectivity index (χ2v) is 6.06. The molecule has 2 aromatic carbocycles. The molecule has 2 rings (SSSR count). The number of nitro groups is 1. The van der Waals surface area contributed by atoms with Crippen LogP contribution in [0.2, 0.25) is 10.0 Å². The largest absolute Gasteiger partial charge is 0.348 e. The minimum atomic E-state index is -0.448. The average molecular weight is 370 g/mol. The van der Waals surface area contributed by atoms with E-state index < -0.39 is 4.92 Å². The van der Waals surface area contributed by atoms with Crippen LogP contribution in [0.15, 0.2) is 42.5 Å². The summed E-state index contributed by atoms with van der Waals surface area (Å²) in [7, 11) is 1.83. The summed E-state index contributed by atoms with van der Waals surface area (Å²) >= 11 is 17.3. The Labute approximate surface area is 149 Å². The van der Waals surface area contributed by atoms with Crippen LogP contribution in [0.1, 0.15) is 5.56 Å². The predicted molar refractivity (Wildman–Crippen MR) is 97.2 cm³/mol. The number of nitro benzene ring substituents is 1. The van der Waals surface area contributed by atoms with Crippen molar-refractivity contribution in [2.24, 2.45) is 0 Å². The summed E-state index contributed by atoms with van der Waals surface area (Å²) in [5, 5.41) is 15.3. The third-order valence-corrected chi connectivity index (χ3v) is 4.10. The summed E-state index contributed by atoms with van der Waals surface area (Å²) in [4.78, 5) is 12.0. The topological polar surface area (TPSA) is 58.4 Å². The molecule has 23 heavy (non-hydrogen) atoms. The Kier molecular flexibility index (Phi) is 5.76. The van der Waals surface area contributed by atoms with E-state index in [4.69, 9.17) is 35.4 Å². The number of rotatable bonds is 4. The van der Waals surface area contributed by atoms with Crippen molar-refractivity contribution >= 4 is 51.9 Å². The van der Waals surface area contributed by atoms with Crippen LogP contribution in [0, 0.1) is 10.1 Å². The molecule has 0 aliphatic carbocycles. The number of hydrogen-bond acceptors (Lipinski definition) is 3. The molecule has 0 unspecified atom stereocenters. The molecule has 0 radical (unpaired) electrons. The van der Waals surface area contributed by atoms with Gasteiger partial charge in [0.2, 0.25) is 0 Å². The van der Waals surface area contributed by atoms with Gasteiger partial charge in [0, 0.05) is 41.5 Å². The van der Waals surface area contributed by atoms with E-state index in [9.17, 15) is 10.1 Å². The molecule has 0 amide bonds. The van der Waals surface area contributed by atoms with Crippen LogP contribution in [-0.4, -0.2) is 22.0 Å². The molecule has 2 aromatic rings. The summed E-state index contributed by atoms with van der Waals surface area (Å²) < 4.78 is 0. The van der Waals surface area contributed by atoms with Crippen molar-refractivity contribution in [2.45, 2.75) is 6.54 Å². The molecule has 0 saturated heterocycles. The molecule has 0 fully saturated rings. The first-order chi connectivity index (χ1) is 10.9. The summed E-state index contributed by atoms with van der Waals surface area (Å²) in [6, 6.07) is 11.3. The SMILES string of the molecule is CN(Cc1ccc(Cl)cc1Cl)C(=S)Nc1ccc([N+](=O)[O-])cc1. The molecule has 8 heteroatoms. The van der Waals surface area contributed by atoms with Crippen molar-refractivity contribution < 1.29 is 4.92 Å². The molecule has 0 spiro atoms. The lowest BCUT2D eigenvalue weighted by Gasteiger charge is -2.21. The van der Waals surface area contributed by atoms with E-state index in [1.54, 1.807) is 24.3 Å². The molecule has 5 nitrogen and oxygen atoms in total. The first-order valence-corrected chi connectivity index (χ1v) is 7.74. The number of benzene rings is 2. The minimum absolute atomic E-state index is 0.0303. The Bertz CT molecular complexity index is 738. The third-order valence-electron chi connectivity index (χ3n) is 3.10. The van der Waals surface area contributed by atoms with Gasteiger partial charge in [-0.1, -0.05) is 29.3 Å². The molecule has 0 aliphatic heterocycles. The van der Waals surface area contributed by atoms with Gasteiger partial charge >= 0.3 is 0 Å². The lowest BCUT2D eigenvalue weighted by molar-refractivity contribution is -0.384. The van der Waals surface area contributed by atoms with Crippen LogP contribution in [0.3, 0.4) is 0 Å². The van der Waals surface area contributed by atoms with Crippen LogP contribution in [0.4, 0.5) is 11.4 Å². The van der Waals surface area contributed by atoms with Crippen LogP contribution in [-0.2, 0) is 6.54 Å². The van der Waals surface area contributed by atoms with Crippen LogP contribution >= 0.6 is 35.4 Å². The van der Waals surface area contributed by atoms with Gasteiger partial charge < -0.3 is 10.2 Å². The quantitative estimate of drug-likeness (QED) is 0.479. The molecule has 0 saturated carbocycles. The van der Waals surface area contributed by atoms with Gasteiger partial charge in [0.05, 0.1) is 4.92 Å². The van der Waals surface area contributed by atoms with Crippen molar-refractivity contribution in [2.75, 3.05) is 12.4 Å². The maximum atomic E-state index is 10.6. The molecule has 0 aromatic heterocycles. The maximum absolute atomic E-state index is 10.6. The van der Waals surface area contributed by atoms with Crippen molar-refractivity contribution in [3.8, 4) is 0 Å². The molecule has 0 heterocycles. The number of hydrogen-bond donors (Lipinski definition) is 1. The number of nitrogens with one attached hydrogen (secondary N) is 1. The number of nitrogens with zero attached hydrogens (tertiary/aromatic N) is 2. The Morgan fingerprint density at radius 1 is 1.26 bits per heavy atom. The number of anilines is 1. The second-order valence-electron chi connectivity index (χ2n) is 4.83. The highest BCUT2D eigenvalue weighted by Crippen LogP contribution is 2.22. The van der Waals surface area contributed by atoms with E-state index in [1.807, 2.05) is 18.0 Å². The average Bonchev–Trinajstić information content (AvgIpc) is 2.50. The van der Waals surface area contributed by atoms with Gasteiger partial charge in [0.15, 0.2) is 5.11 Å². The van der Waals surface area contributed by atoms with E-state index in [1.165, 1.54) is 12.1 Å². The molecule has 120 valence electrons. The van der Waals surface area contributed by atoms with Gasteiger partial charge in [0.1, 0.15) is 0 Å². The summed E-state index contributed by atoms with van der Waals surface area (Å²) in [5.74, 6) is 0. The Morgan fingerprint density at radius 3 is 2.48 bits per heavy atom. The van der Waals surface area contributed by atoms with Gasteiger partial charge in [-0.05, 0) is 42.0 Å². The first-order valence-electron chi connectivity index (χ1n) is 6.57. The zero-order chi connectivity index (χ0) is 17.0. The Balaban J connectivity index is 2.00. The normalized spacial score (nSPS) is 10.2. The van der Waals surface area contributed by atoms with E-state index in [0.717, 1.165) is 5.56 Å². The van der Waals surface area contributed by atoms with E-state index in [2.05, 4.69) is 5.32 Å². The van der Waals surface area contributed by atoms with Gasteiger partial charge in [-0.3, -0.25) is 10.1 Å². The van der Waals surface area contributed by atoms with Crippen LogP contribution < -0.4 is 5.32 Å². The van der Waals surface area contributed by atoms with Crippen molar-refractivity contribution in [1.29, 1.82) is 0 Å². The summed E-state index contributed by atoms with van der Waals surface area (Å²) in [6.07, 6.45) is 0. The van der Waals surface area contributed by atoms with E-state index in [0.29, 0.717) is 27.4 Å². The Morgan fingerprint density at radius 2 is 1.91 bits per heavy atom. The first kappa shape index (κ1) is 17.5. The van der Waals surface area contributed by atoms with Gasteiger partial charge in [0.25, 0.3) is 5.69 Å². The zero-order valence-corrected chi connectivity index (χ0v) is 14.5. The highest BCUT2D eigenvalue weighted by molar-refractivity contribution is 7.80. The van der Waals surface area contributed by atoms with Crippen molar-refractivity contribution in [3.63, 3.8) is 0 Å². The Hall–Kier alpha value is -1.89. The van der Waals surface area contributed by atoms with Gasteiger partial charge in [-0.2, -0.15) is 0 Å². The maximum Gasteiger partial charge on any atom is 0.269 e. The highest BCUT2D eigenvalue weighted by Gasteiger charge is 2.10. The highest BCUT2D eigenvalue weighted by atomic mass is 35.5. The predicted octanol–water partition coefficient (Wildman–Crippen LogP) is 4.73. The number of thiocarbonyl (C=S) groups is 1. The van der Waals surface area contributed by atoms with Crippen molar-refractivity contribution in [1.82, 2.24) is 4.90 Å². The van der Waals surface area contributed by atoms with E-state index >= 15 is 0 Å². The fraction of sp³-hybridized carbons (Fsp3) is 0.133. The molecule has 0 atom stereocenters. The smallest absolute Gasteiger partial charge is 0.269 e. The summed E-state index contributed by atoms with van der Waals surface area (Å²) in [6.45, 7) is 0.509. The second kappa shape index (κ2) is 7.59. The molecular formula is C15H13Cl2N3O2S. The lowest BCUT2D eigenvalue weighted by atomic mass is 10.2. The number of halogens is 2. The van der Waals surface area contributed by atoms with Crippen LogP contribution in [0.25, 0.3) is 0 Å². The fourth-order valence-corrected chi connectivity index (χ4v) is 2.51. The van der Waals surface area contributed by atoms with Crippen molar-refractivity contribution in [3.05, 3.63) is 68.2 Å². The monoisotopic (exact) mass is 369 g/mol.